The summed E-state index contributed by atoms with van der Waals surface area (Å²) in [5.74, 6) is 1.18. The van der Waals surface area contributed by atoms with Gasteiger partial charge in [-0.3, -0.25) is 9.59 Å². The molecule has 1 aliphatic rings. The third-order valence-corrected chi connectivity index (χ3v) is 5.79. The number of fused-ring (bicyclic) bond motifs is 1. The quantitative estimate of drug-likeness (QED) is 0.693. The Bertz CT molecular complexity index is 866. The van der Waals surface area contributed by atoms with Crippen molar-refractivity contribution in [2.75, 3.05) is 13.1 Å². The Morgan fingerprint density at radius 1 is 1.16 bits per heavy atom. The van der Waals surface area contributed by atoms with Crippen molar-refractivity contribution in [2.45, 2.75) is 65.1 Å². The molecular formula is C23H34N6O2. The summed E-state index contributed by atoms with van der Waals surface area (Å²) in [6.45, 7) is 8.00. The lowest BCUT2D eigenvalue weighted by atomic mass is 9.97. The van der Waals surface area contributed by atoms with Crippen LogP contribution in [0.4, 0.5) is 0 Å². The second-order valence-electron chi connectivity index (χ2n) is 8.28. The average molecular weight is 427 g/mol. The van der Waals surface area contributed by atoms with E-state index in [9.17, 15) is 9.59 Å². The monoisotopic (exact) mass is 426 g/mol. The number of hydrogen-bond acceptors (Lipinski definition) is 5. The molecule has 3 rings (SSSR count). The van der Waals surface area contributed by atoms with Gasteiger partial charge in [-0.2, -0.15) is 5.10 Å². The fraction of sp³-hybridized carbons (Fsp3) is 0.565. The van der Waals surface area contributed by atoms with Gasteiger partial charge in [0.15, 0.2) is 0 Å². The van der Waals surface area contributed by atoms with E-state index in [1.165, 1.54) is 0 Å². The van der Waals surface area contributed by atoms with E-state index in [-0.39, 0.29) is 23.8 Å². The standard InChI is InChI=1S/C23H34N6O2/c1-4-16(2)21-23(31)26-19(15-18-9-6-5-7-10-18)22-25-17(3)28-29(22)14-13-24-12-8-11-20(30)27-21/h5-7,9-10,16,19,21,24H,4,8,11-15H2,1-3H3,(H,26,31)(H,27,30)/t16-,19-,21-/m0/s1. The van der Waals surface area contributed by atoms with Crippen LogP contribution in [0.25, 0.3) is 0 Å². The van der Waals surface area contributed by atoms with Crippen molar-refractivity contribution in [1.29, 1.82) is 0 Å². The number of nitrogens with one attached hydrogen (secondary N) is 3. The molecule has 1 aromatic heterocycles. The molecule has 2 heterocycles. The molecule has 0 unspecified atom stereocenters. The molecule has 0 aliphatic carbocycles. The van der Waals surface area contributed by atoms with Crippen molar-refractivity contribution >= 4 is 11.8 Å². The largest absolute Gasteiger partial charge is 0.344 e. The van der Waals surface area contributed by atoms with Crippen LogP contribution in [0.2, 0.25) is 0 Å². The third kappa shape index (κ3) is 6.37. The molecule has 3 atom stereocenters. The van der Waals surface area contributed by atoms with Crippen molar-refractivity contribution in [3.8, 4) is 0 Å². The second-order valence-corrected chi connectivity index (χ2v) is 8.28. The lowest BCUT2D eigenvalue weighted by molar-refractivity contribution is -0.130. The highest BCUT2D eigenvalue weighted by atomic mass is 16.2. The maximum atomic E-state index is 13.4. The van der Waals surface area contributed by atoms with Gasteiger partial charge in [0.2, 0.25) is 11.8 Å². The fourth-order valence-electron chi connectivity index (χ4n) is 3.84. The predicted octanol–water partition coefficient (Wildman–Crippen LogP) is 1.90. The predicted molar refractivity (Wildman–Crippen MR) is 119 cm³/mol. The van der Waals surface area contributed by atoms with Crippen molar-refractivity contribution in [1.82, 2.24) is 30.7 Å². The van der Waals surface area contributed by atoms with E-state index in [1.807, 2.05) is 55.8 Å². The molecule has 3 N–H and O–H groups in total. The number of aryl methyl sites for hydroxylation is 1. The highest BCUT2D eigenvalue weighted by molar-refractivity contribution is 5.88. The summed E-state index contributed by atoms with van der Waals surface area (Å²) in [7, 11) is 0. The Balaban J connectivity index is 1.94. The van der Waals surface area contributed by atoms with Crippen LogP contribution in [0.5, 0.6) is 0 Å². The first-order valence-corrected chi connectivity index (χ1v) is 11.2. The molecule has 0 fully saturated rings. The molecule has 0 saturated heterocycles. The molecule has 1 aromatic carbocycles. The summed E-state index contributed by atoms with van der Waals surface area (Å²) in [6.07, 6.45) is 2.51. The second kappa shape index (κ2) is 11.0. The van der Waals surface area contributed by atoms with Crippen molar-refractivity contribution in [3.63, 3.8) is 0 Å². The van der Waals surface area contributed by atoms with E-state index in [4.69, 9.17) is 0 Å². The number of benzene rings is 1. The molecule has 2 amide bonds. The smallest absolute Gasteiger partial charge is 0.243 e. The molecule has 1 aliphatic heterocycles. The van der Waals surface area contributed by atoms with Crippen LogP contribution < -0.4 is 16.0 Å². The molecule has 0 bridgehead atoms. The number of amides is 2. The van der Waals surface area contributed by atoms with Gasteiger partial charge in [-0.05, 0) is 37.8 Å². The first kappa shape index (κ1) is 22.9. The molecule has 2 aromatic rings. The molecular weight excluding hydrogens is 392 g/mol. The number of hydrogen-bond donors (Lipinski definition) is 3. The van der Waals surface area contributed by atoms with E-state index in [0.29, 0.717) is 25.2 Å². The molecule has 8 heteroatoms. The lowest BCUT2D eigenvalue weighted by Crippen LogP contribution is -2.51. The minimum Gasteiger partial charge on any atom is -0.344 e. The van der Waals surface area contributed by atoms with Gasteiger partial charge in [-0.15, -0.1) is 0 Å². The van der Waals surface area contributed by atoms with Crippen LogP contribution in [-0.2, 0) is 22.6 Å². The molecule has 8 nitrogen and oxygen atoms in total. The van der Waals surface area contributed by atoms with E-state index >= 15 is 0 Å². The van der Waals surface area contributed by atoms with Crippen molar-refractivity contribution < 1.29 is 9.59 Å². The summed E-state index contributed by atoms with van der Waals surface area (Å²) in [5.41, 5.74) is 1.10. The van der Waals surface area contributed by atoms with Crippen LogP contribution in [0.15, 0.2) is 30.3 Å². The molecule has 0 saturated carbocycles. The van der Waals surface area contributed by atoms with Crippen LogP contribution in [0, 0.1) is 12.8 Å². The Hall–Kier alpha value is -2.74. The van der Waals surface area contributed by atoms with Gasteiger partial charge in [0, 0.05) is 13.0 Å². The Morgan fingerprint density at radius 3 is 2.68 bits per heavy atom. The Morgan fingerprint density at radius 2 is 1.94 bits per heavy atom. The maximum Gasteiger partial charge on any atom is 0.243 e. The summed E-state index contributed by atoms with van der Waals surface area (Å²) >= 11 is 0. The van der Waals surface area contributed by atoms with Gasteiger partial charge in [-0.1, -0.05) is 50.6 Å². The number of aromatic nitrogens is 3. The highest BCUT2D eigenvalue weighted by Crippen LogP contribution is 2.19. The van der Waals surface area contributed by atoms with E-state index in [0.717, 1.165) is 37.3 Å². The first-order chi connectivity index (χ1) is 15.0. The van der Waals surface area contributed by atoms with Crippen LogP contribution in [-0.4, -0.2) is 45.7 Å². The van der Waals surface area contributed by atoms with Gasteiger partial charge < -0.3 is 16.0 Å². The Labute approximate surface area is 184 Å². The van der Waals surface area contributed by atoms with Gasteiger partial charge in [0.25, 0.3) is 0 Å². The first-order valence-electron chi connectivity index (χ1n) is 11.2. The third-order valence-electron chi connectivity index (χ3n) is 5.79. The summed E-state index contributed by atoms with van der Waals surface area (Å²) in [5, 5.41) is 14.1. The fourth-order valence-corrected chi connectivity index (χ4v) is 3.84. The minimum atomic E-state index is -0.579. The average Bonchev–Trinajstić information content (AvgIpc) is 3.13. The molecule has 168 valence electrons. The van der Waals surface area contributed by atoms with Gasteiger partial charge in [0.1, 0.15) is 17.7 Å². The summed E-state index contributed by atoms with van der Waals surface area (Å²) < 4.78 is 1.89. The SMILES string of the molecule is CC[C@H](C)[C@@H]1NC(=O)CCCNCCn2nc(C)nc2[C@H](Cc2ccccc2)NC1=O. The molecule has 0 radical (unpaired) electrons. The van der Waals surface area contributed by atoms with E-state index in [1.54, 1.807) is 0 Å². The zero-order valence-electron chi connectivity index (χ0n) is 18.7. The van der Waals surface area contributed by atoms with E-state index in [2.05, 4.69) is 26.0 Å². The lowest BCUT2D eigenvalue weighted by Gasteiger charge is -2.27. The van der Waals surface area contributed by atoms with Gasteiger partial charge in [-0.25, -0.2) is 9.67 Å². The number of carbonyl (C=O) groups is 2. The topological polar surface area (TPSA) is 101 Å². The van der Waals surface area contributed by atoms with Crippen LogP contribution >= 0.6 is 0 Å². The minimum absolute atomic E-state index is 0.0203. The van der Waals surface area contributed by atoms with Crippen molar-refractivity contribution in [3.05, 3.63) is 47.5 Å². The number of carbonyl (C=O) groups excluding carboxylic acids is 2. The number of nitrogens with zero attached hydrogens (tertiary/aromatic N) is 3. The van der Waals surface area contributed by atoms with Crippen molar-refractivity contribution in [2.24, 2.45) is 5.92 Å². The van der Waals surface area contributed by atoms with Crippen LogP contribution in [0.1, 0.15) is 56.4 Å². The normalized spacial score (nSPS) is 22.0. The van der Waals surface area contributed by atoms with Gasteiger partial charge in [0.05, 0.1) is 12.6 Å². The highest BCUT2D eigenvalue weighted by Gasteiger charge is 2.30. The maximum absolute atomic E-state index is 13.4. The van der Waals surface area contributed by atoms with Crippen LogP contribution in [0.3, 0.4) is 0 Å². The Kier molecular flexibility index (Phi) is 8.17. The summed E-state index contributed by atoms with van der Waals surface area (Å²) in [6, 6.07) is 9.11. The summed E-state index contributed by atoms with van der Waals surface area (Å²) in [4.78, 5) is 30.5. The zero-order valence-corrected chi connectivity index (χ0v) is 18.7. The zero-order chi connectivity index (χ0) is 22.2. The molecule has 31 heavy (non-hydrogen) atoms. The molecule has 0 spiro atoms. The van der Waals surface area contributed by atoms with E-state index < -0.39 is 6.04 Å². The van der Waals surface area contributed by atoms with Gasteiger partial charge >= 0.3 is 0 Å². The number of rotatable bonds is 4.